The lowest BCUT2D eigenvalue weighted by molar-refractivity contribution is -0.123. The zero-order valence-corrected chi connectivity index (χ0v) is 13.5. The van der Waals surface area contributed by atoms with Gasteiger partial charge in [0.2, 0.25) is 0 Å². The van der Waals surface area contributed by atoms with Gasteiger partial charge in [0.15, 0.2) is 6.10 Å². The van der Waals surface area contributed by atoms with Gasteiger partial charge >= 0.3 is 5.97 Å². The van der Waals surface area contributed by atoms with Crippen molar-refractivity contribution in [3.8, 4) is 0 Å². The molecule has 2 rings (SSSR count). The van der Waals surface area contributed by atoms with E-state index in [1.54, 1.807) is 0 Å². The molecule has 120 valence electrons. The van der Waals surface area contributed by atoms with Crippen LogP contribution in [-0.4, -0.2) is 18.0 Å². The summed E-state index contributed by atoms with van der Waals surface area (Å²) in [6.45, 7) is 1.41. The fourth-order valence-electron chi connectivity index (χ4n) is 1.71. The molecule has 0 saturated carbocycles. The number of nitrogens with one attached hydrogen (secondary N) is 1. The number of esters is 1. The second kappa shape index (κ2) is 7.44. The van der Waals surface area contributed by atoms with Gasteiger partial charge in [0.05, 0.1) is 10.6 Å². The van der Waals surface area contributed by atoms with E-state index in [9.17, 15) is 14.0 Å². The highest BCUT2D eigenvalue weighted by atomic mass is 35.5. The van der Waals surface area contributed by atoms with Crippen LogP contribution in [0.15, 0.2) is 42.5 Å². The third-order valence-electron chi connectivity index (χ3n) is 2.91. The van der Waals surface area contributed by atoms with Crippen LogP contribution in [0.25, 0.3) is 0 Å². The Morgan fingerprint density at radius 1 is 1.13 bits per heavy atom. The lowest BCUT2D eigenvalue weighted by Crippen LogP contribution is -2.30. The van der Waals surface area contributed by atoms with E-state index in [0.717, 1.165) is 0 Å². The molecule has 0 aliphatic heterocycles. The predicted molar refractivity (Wildman–Crippen MR) is 86.4 cm³/mol. The molecule has 0 spiro atoms. The molecule has 0 aliphatic carbocycles. The van der Waals surface area contributed by atoms with Gasteiger partial charge in [-0.1, -0.05) is 23.2 Å². The summed E-state index contributed by atoms with van der Waals surface area (Å²) < 4.78 is 17.9. The number of anilines is 1. The molecule has 0 radical (unpaired) electrons. The Hall–Kier alpha value is -2.11. The van der Waals surface area contributed by atoms with Gasteiger partial charge in [-0.05, 0) is 49.4 Å². The van der Waals surface area contributed by atoms with Gasteiger partial charge in [0.1, 0.15) is 5.82 Å². The van der Waals surface area contributed by atoms with Crippen molar-refractivity contribution in [3.05, 3.63) is 63.9 Å². The number of hydrogen-bond donors (Lipinski definition) is 1. The second-order valence-electron chi connectivity index (χ2n) is 4.67. The van der Waals surface area contributed by atoms with Gasteiger partial charge in [-0.15, -0.1) is 0 Å². The third-order valence-corrected chi connectivity index (χ3v) is 3.48. The average molecular weight is 356 g/mol. The predicted octanol–water partition coefficient (Wildman–Crippen LogP) is 4.32. The maximum absolute atomic E-state index is 12.8. The molecule has 4 nitrogen and oxygen atoms in total. The quantitative estimate of drug-likeness (QED) is 0.831. The van der Waals surface area contributed by atoms with E-state index in [-0.39, 0.29) is 10.6 Å². The molecule has 1 amide bonds. The van der Waals surface area contributed by atoms with Crippen molar-refractivity contribution in [1.29, 1.82) is 0 Å². The van der Waals surface area contributed by atoms with Crippen molar-refractivity contribution in [1.82, 2.24) is 0 Å². The number of amides is 1. The minimum absolute atomic E-state index is 0.0700. The Bertz CT molecular complexity index is 735. The second-order valence-corrected chi connectivity index (χ2v) is 5.51. The minimum Gasteiger partial charge on any atom is -0.449 e. The van der Waals surface area contributed by atoms with Crippen molar-refractivity contribution < 1.29 is 18.7 Å². The van der Waals surface area contributed by atoms with Crippen LogP contribution in [0.2, 0.25) is 10.0 Å². The summed E-state index contributed by atoms with van der Waals surface area (Å²) >= 11 is 11.7. The van der Waals surface area contributed by atoms with Crippen molar-refractivity contribution >= 4 is 40.8 Å². The van der Waals surface area contributed by atoms with E-state index >= 15 is 0 Å². The molecule has 0 bridgehead atoms. The van der Waals surface area contributed by atoms with E-state index in [4.69, 9.17) is 27.9 Å². The first-order chi connectivity index (χ1) is 10.9. The van der Waals surface area contributed by atoms with Crippen LogP contribution in [0.3, 0.4) is 0 Å². The molecule has 0 unspecified atom stereocenters. The molecular formula is C16H12Cl2FNO3. The van der Waals surface area contributed by atoms with Gasteiger partial charge < -0.3 is 10.1 Å². The van der Waals surface area contributed by atoms with Crippen LogP contribution in [0.5, 0.6) is 0 Å². The lowest BCUT2D eigenvalue weighted by Gasteiger charge is -2.14. The van der Waals surface area contributed by atoms with Crippen LogP contribution in [0.4, 0.5) is 10.1 Å². The molecule has 0 heterocycles. The van der Waals surface area contributed by atoms with Crippen LogP contribution in [-0.2, 0) is 9.53 Å². The summed E-state index contributed by atoms with van der Waals surface area (Å²) in [6, 6.07) is 9.56. The van der Waals surface area contributed by atoms with E-state index in [1.807, 2.05) is 0 Å². The molecule has 0 saturated heterocycles. The van der Waals surface area contributed by atoms with Gasteiger partial charge in [-0.3, -0.25) is 4.79 Å². The number of halogens is 3. The maximum atomic E-state index is 12.8. The molecule has 2 aromatic rings. The Balaban J connectivity index is 2.01. The zero-order valence-electron chi connectivity index (χ0n) is 12.0. The number of hydrogen-bond acceptors (Lipinski definition) is 3. The first-order valence-electron chi connectivity index (χ1n) is 6.59. The van der Waals surface area contributed by atoms with Crippen LogP contribution in [0.1, 0.15) is 17.3 Å². The number of benzene rings is 2. The Morgan fingerprint density at radius 3 is 2.43 bits per heavy atom. The zero-order chi connectivity index (χ0) is 17.0. The Morgan fingerprint density at radius 2 is 1.78 bits per heavy atom. The maximum Gasteiger partial charge on any atom is 0.340 e. The molecule has 1 atom stereocenters. The van der Waals surface area contributed by atoms with Gasteiger partial charge in [0.25, 0.3) is 5.91 Å². The number of carbonyl (C=O) groups excluding carboxylic acids is 2. The minimum atomic E-state index is -1.07. The van der Waals surface area contributed by atoms with Gasteiger partial charge in [0, 0.05) is 10.7 Å². The normalized spacial score (nSPS) is 11.7. The van der Waals surface area contributed by atoms with Gasteiger partial charge in [-0.2, -0.15) is 0 Å². The highest BCUT2D eigenvalue weighted by Crippen LogP contribution is 2.22. The molecule has 0 aromatic heterocycles. The smallest absolute Gasteiger partial charge is 0.340 e. The summed E-state index contributed by atoms with van der Waals surface area (Å²) in [7, 11) is 0. The highest BCUT2D eigenvalue weighted by Gasteiger charge is 2.21. The Kier molecular flexibility index (Phi) is 5.58. The van der Waals surface area contributed by atoms with E-state index in [1.165, 1.54) is 49.4 Å². The lowest BCUT2D eigenvalue weighted by atomic mass is 10.2. The van der Waals surface area contributed by atoms with Crippen molar-refractivity contribution in [2.75, 3.05) is 5.32 Å². The van der Waals surface area contributed by atoms with Crippen molar-refractivity contribution in [2.24, 2.45) is 0 Å². The Labute approximate surface area is 142 Å². The molecule has 23 heavy (non-hydrogen) atoms. The van der Waals surface area contributed by atoms with E-state index in [0.29, 0.717) is 10.7 Å². The standard InChI is InChI=1S/C16H12Cl2FNO3/c1-9(15(21)20-12-5-3-11(19)4-6-12)23-16(22)13-8-10(17)2-7-14(13)18/h2-9H,1H3,(H,20,21)/t9-/m0/s1. The summed E-state index contributed by atoms with van der Waals surface area (Å²) in [5.74, 6) is -1.74. The van der Waals surface area contributed by atoms with Crippen LogP contribution >= 0.6 is 23.2 Å². The van der Waals surface area contributed by atoms with Crippen LogP contribution in [0, 0.1) is 5.82 Å². The third kappa shape index (κ3) is 4.68. The highest BCUT2D eigenvalue weighted by molar-refractivity contribution is 6.35. The topological polar surface area (TPSA) is 55.4 Å². The van der Waals surface area contributed by atoms with Crippen LogP contribution < -0.4 is 5.32 Å². The first-order valence-corrected chi connectivity index (χ1v) is 7.35. The number of ether oxygens (including phenoxy) is 1. The number of carbonyl (C=O) groups is 2. The molecule has 7 heteroatoms. The summed E-state index contributed by atoms with van der Waals surface area (Å²) in [6.07, 6.45) is -1.07. The monoisotopic (exact) mass is 355 g/mol. The SMILES string of the molecule is C[C@H](OC(=O)c1cc(Cl)ccc1Cl)C(=O)Nc1ccc(F)cc1. The molecule has 0 aliphatic rings. The first kappa shape index (κ1) is 17.2. The van der Waals surface area contributed by atoms with Gasteiger partial charge in [-0.25, -0.2) is 9.18 Å². The fourth-order valence-corrected chi connectivity index (χ4v) is 2.08. The molecule has 2 aromatic carbocycles. The summed E-state index contributed by atoms with van der Waals surface area (Å²) in [4.78, 5) is 24.0. The molecule has 0 fully saturated rings. The average Bonchev–Trinajstić information content (AvgIpc) is 2.51. The van der Waals surface area contributed by atoms with E-state index in [2.05, 4.69) is 5.32 Å². The van der Waals surface area contributed by atoms with Crippen molar-refractivity contribution in [3.63, 3.8) is 0 Å². The molecule has 1 N–H and O–H groups in total. The summed E-state index contributed by atoms with van der Waals surface area (Å²) in [5, 5.41) is 3.01. The van der Waals surface area contributed by atoms with E-state index < -0.39 is 23.8 Å². The number of rotatable bonds is 4. The van der Waals surface area contributed by atoms with Crippen molar-refractivity contribution in [2.45, 2.75) is 13.0 Å². The molecular weight excluding hydrogens is 344 g/mol. The largest absolute Gasteiger partial charge is 0.449 e. The fraction of sp³-hybridized carbons (Fsp3) is 0.125. The summed E-state index contributed by atoms with van der Waals surface area (Å²) in [5.41, 5.74) is 0.459.